The first kappa shape index (κ1) is 14.5. The van der Waals surface area contributed by atoms with Crippen molar-refractivity contribution in [2.24, 2.45) is 0 Å². The van der Waals surface area contributed by atoms with Crippen LogP contribution in [0.5, 0.6) is 0 Å². The van der Waals surface area contributed by atoms with E-state index in [4.69, 9.17) is 4.74 Å². The summed E-state index contributed by atoms with van der Waals surface area (Å²) in [5.41, 5.74) is 3.09. The lowest BCUT2D eigenvalue weighted by atomic mass is 10.0. The van der Waals surface area contributed by atoms with Gasteiger partial charge in [-0.3, -0.25) is 0 Å². The van der Waals surface area contributed by atoms with Crippen LogP contribution in [0.25, 0.3) is 0 Å². The van der Waals surface area contributed by atoms with E-state index >= 15 is 0 Å². The van der Waals surface area contributed by atoms with Gasteiger partial charge in [-0.25, -0.2) is 0 Å². The molecule has 0 fully saturated rings. The summed E-state index contributed by atoms with van der Waals surface area (Å²) < 4.78 is 5.02. The summed E-state index contributed by atoms with van der Waals surface area (Å²) in [6, 6.07) is 8.89. The molecule has 1 N–H and O–H groups in total. The summed E-state index contributed by atoms with van der Waals surface area (Å²) in [5.74, 6) is 0. The molecular weight excluding hydrogens is 236 g/mol. The lowest BCUT2D eigenvalue weighted by Crippen LogP contribution is -2.30. The van der Waals surface area contributed by atoms with Crippen molar-refractivity contribution in [1.29, 1.82) is 0 Å². The Morgan fingerprint density at radius 1 is 1.11 bits per heavy atom. The van der Waals surface area contributed by atoms with Gasteiger partial charge in [-0.2, -0.15) is 0 Å². The number of nitrogens with one attached hydrogen (secondary N) is 1. The predicted molar refractivity (Wildman–Crippen MR) is 79.7 cm³/mol. The molecule has 1 aromatic carbocycles. The second-order valence-corrected chi connectivity index (χ2v) is 5.21. The van der Waals surface area contributed by atoms with Gasteiger partial charge in [0, 0.05) is 26.7 Å². The van der Waals surface area contributed by atoms with Crippen molar-refractivity contribution >= 4 is 0 Å². The van der Waals surface area contributed by atoms with Crippen LogP contribution in [-0.4, -0.2) is 51.3 Å². The minimum atomic E-state index is 0.805. The van der Waals surface area contributed by atoms with Crippen LogP contribution in [0, 0.1) is 0 Å². The molecule has 3 nitrogen and oxygen atoms in total. The smallest absolute Gasteiger partial charge is 0.0587 e. The molecule has 0 saturated heterocycles. The van der Waals surface area contributed by atoms with E-state index in [-0.39, 0.29) is 0 Å². The molecule has 0 amide bonds. The SMILES string of the molecule is COCCNCCCN1CCc2ccccc2CC1. The Morgan fingerprint density at radius 3 is 2.42 bits per heavy atom. The fourth-order valence-electron chi connectivity index (χ4n) is 2.66. The van der Waals surface area contributed by atoms with Gasteiger partial charge < -0.3 is 15.0 Å². The minimum Gasteiger partial charge on any atom is -0.383 e. The number of fused-ring (bicyclic) bond motifs is 1. The molecule has 3 heteroatoms. The summed E-state index contributed by atoms with van der Waals surface area (Å²) in [7, 11) is 1.75. The van der Waals surface area contributed by atoms with Gasteiger partial charge in [0.2, 0.25) is 0 Å². The number of benzene rings is 1. The van der Waals surface area contributed by atoms with Crippen LogP contribution < -0.4 is 5.32 Å². The normalized spacial score (nSPS) is 16.1. The highest BCUT2D eigenvalue weighted by atomic mass is 16.5. The third kappa shape index (κ3) is 4.94. The van der Waals surface area contributed by atoms with Gasteiger partial charge in [0.25, 0.3) is 0 Å². The Balaban J connectivity index is 1.65. The van der Waals surface area contributed by atoms with E-state index in [0.29, 0.717) is 0 Å². The Labute approximate surface area is 116 Å². The van der Waals surface area contributed by atoms with Crippen molar-refractivity contribution < 1.29 is 4.74 Å². The standard InChI is InChI=1S/C16H26N2O/c1-19-14-10-17-9-4-11-18-12-7-15-5-2-3-6-16(15)8-13-18/h2-3,5-6,17H,4,7-14H2,1H3. The first-order chi connectivity index (χ1) is 9.40. The molecule has 0 aromatic heterocycles. The van der Waals surface area contributed by atoms with Crippen LogP contribution in [0.4, 0.5) is 0 Å². The van der Waals surface area contributed by atoms with Crippen LogP contribution >= 0.6 is 0 Å². The van der Waals surface area contributed by atoms with E-state index in [2.05, 4.69) is 34.5 Å². The zero-order valence-electron chi connectivity index (χ0n) is 12.0. The molecule has 2 rings (SSSR count). The highest BCUT2D eigenvalue weighted by molar-refractivity contribution is 5.28. The summed E-state index contributed by atoms with van der Waals surface area (Å²) in [4.78, 5) is 2.60. The molecule has 1 aliphatic rings. The maximum absolute atomic E-state index is 5.02. The number of rotatable bonds is 7. The largest absolute Gasteiger partial charge is 0.383 e. The molecule has 19 heavy (non-hydrogen) atoms. The van der Waals surface area contributed by atoms with Crippen molar-refractivity contribution in [3.8, 4) is 0 Å². The molecule has 1 heterocycles. The molecule has 0 spiro atoms. The monoisotopic (exact) mass is 262 g/mol. The molecule has 0 radical (unpaired) electrons. The molecule has 1 aliphatic heterocycles. The maximum Gasteiger partial charge on any atom is 0.0587 e. The van der Waals surface area contributed by atoms with E-state index in [1.165, 1.54) is 38.9 Å². The second-order valence-electron chi connectivity index (χ2n) is 5.21. The van der Waals surface area contributed by atoms with Crippen molar-refractivity contribution in [3.05, 3.63) is 35.4 Å². The summed E-state index contributed by atoms with van der Waals surface area (Å²) in [6.45, 7) is 6.46. The van der Waals surface area contributed by atoms with E-state index in [9.17, 15) is 0 Å². The number of hydrogen-bond acceptors (Lipinski definition) is 3. The van der Waals surface area contributed by atoms with Gasteiger partial charge in [-0.15, -0.1) is 0 Å². The van der Waals surface area contributed by atoms with Gasteiger partial charge >= 0.3 is 0 Å². The Hall–Kier alpha value is -0.900. The summed E-state index contributed by atoms with van der Waals surface area (Å²) >= 11 is 0. The van der Waals surface area contributed by atoms with E-state index < -0.39 is 0 Å². The average Bonchev–Trinajstić information content (AvgIpc) is 2.65. The van der Waals surface area contributed by atoms with Crippen molar-refractivity contribution in [3.63, 3.8) is 0 Å². The van der Waals surface area contributed by atoms with Crippen LogP contribution in [0.2, 0.25) is 0 Å². The second kappa shape index (κ2) is 8.31. The Kier molecular flexibility index (Phi) is 6.34. The van der Waals surface area contributed by atoms with Crippen LogP contribution in [0.1, 0.15) is 17.5 Å². The lowest BCUT2D eigenvalue weighted by molar-refractivity contribution is 0.198. The van der Waals surface area contributed by atoms with Gasteiger partial charge in [-0.1, -0.05) is 24.3 Å². The fraction of sp³-hybridized carbons (Fsp3) is 0.625. The molecule has 106 valence electrons. The third-order valence-corrected chi connectivity index (χ3v) is 3.82. The van der Waals surface area contributed by atoms with Crippen molar-refractivity contribution in [1.82, 2.24) is 10.2 Å². The van der Waals surface area contributed by atoms with Gasteiger partial charge in [0.1, 0.15) is 0 Å². The van der Waals surface area contributed by atoms with Crippen LogP contribution in [-0.2, 0) is 17.6 Å². The Morgan fingerprint density at radius 2 is 1.79 bits per heavy atom. The van der Waals surface area contributed by atoms with E-state index in [0.717, 1.165) is 19.7 Å². The lowest BCUT2D eigenvalue weighted by Gasteiger charge is -2.19. The van der Waals surface area contributed by atoms with E-state index in [1.54, 1.807) is 18.2 Å². The highest BCUT2D eigenvalue weighted by Crippen LogP contribution is 2.15. The minimum absolute atomic E-state index is 0.805. The zero-order chi connectivity index (χ0) is 13.3. The molecule has 0 aliphatic carbocycles. The third-order valence-electron chi connectivity index (χ3n) is 3.82. The maximum atomic E-state index is 5.02. The van der Waals surface area contributed by atoms with Crippen molar-refractivity contribution in [2.45, 2.75) is 19.3 Å². The zero-order valence-corrected chi connectivity index (χ0v) is 12.0. The van der Waals surface area contributed by atoms with Crippen molar-refractivity contribution in [2.75, 3.05) is 46.4 Å². The molecule has 1 aromatic rings. The molecule has 0 atom stereocenters. The number of methoxy groups -OCH3 is 1. The number of nitrogens with zero attached hydrogens (tertiary/aromatic N) is 1. The van der Waals surface area contributed by atoms with Gasteiger partial charge in [0.05, 0.1) is 6.61 Å². The number of ether oxygens (including phenoxy) is 1. The predicted octanol–water partition coefficient (Wildman–Crippen LogP) is 1.71. The van der Waals surface area contributed by atoms with Crippen LogP contribution in [0.15, 0.2) is 24.3 Å². The summed E-state index contributed by atoms with van der Waals surface area (Å²) in [5, 5.41) is 3.41. The van der Waals surface area contributed by atoms with Crippen LogP contribution in [0.3, 0.4) is 0 Å². The molecular formula is C16H26N2O. The first-order valence-electron chi connectivity index (χ1n) is 7.39. The molecule has 0 saturated carbocycles. The summed E-state index contributed by atoms with van der Waals surface area (Å²) in [6.07, 6.45) is 3.63. The Bertz CT molecular complexity index is 341. The van der Waals surface area contributed by atoms with Gasteiger partial charge in [0.15, 0.2) is 0 Å². The molecule has 0 bridgehead atoms. The average molecular weight is 262 g/mol. The first-order valence-corrected chi connectivity index (χ1v) is 7.39. The number of hydrogen-bond donors (Lipinski definition) is 1. The highest BCUT2D eigenvalue weighted by Gasteiger charge is 2.12. The topological polar surface area (TPSA) is 24.5 Å². The quantitative estimate of drug-likeness (QED) is 0.757. The van der Waals surface area contributed by atoms with E-state index in [1.807, 2.05) is 0 Å². The fourth-order valence-corrected chi connectivity index (χ4v) is 2.66. The molecule has 0 unspecified atom stereocenters. The van der Waals surface area contributed by atoms with Gasteiger partial charge in [-0.05, 0) is 43.5 Å².